The van der Waals surface area contributed by atoms with Crippen LogP contribution >= 0.6 is 0 Å². The van der Waals surface area contributed by atoms with E-state index < -0.39 is 28.7 Å². The average Bonchev–Trinajstić information content (AvgIpc) is 2.78. The minimum Gasteiger partial charge on any atom is -0.505 e. The van der Waals surface area contributed by atoms with E-state index in [0.29, 0.717) is 5.56 Å². The molecule has 2 aromatic heterocycles. The molecule has 0 spiro atoms. The molecule has 164 valence electrons. The van der Waals surface area contributed by atoms with Gasteiger partial charge in [-0.25, -0.2) is 4.39 Å². The number of nitrogens with zero attached hydrogens (tertiary/aromatic N) is 3. The van der Waals surface area contributed by atoms with E-state index in [1.54, 1.807) is 12.1 Å². The third-order valence-corrected chi connectivity index (χ3v) is 5.05. The van der Waals surface area contributed by atoms with Crippen LogP contribution in [0.4, 0.5) is 4.39 Å². The monoisotopic (exact) mass is 438 g/mol. The Bertz CT molecular complexity index is 1360. The van der Waals surface area contributed by atoms with Gasteiger partial charge < -0.3 is 20.1 Å². The summed E-state index contributed by atoms with van der Waals surface area (Å²) in [4.78, 5) is 43.5. The van der Waals surface area contributed by atoms with E-state index >= 15 is 0 Å². The average molecular weight is 438 g/mol. The number of pyridine rings is 2. The summed E-state index contributed by atoms with van der Waals surface area (Å²) in [5.41, 5.74) is -0.00370. The van der Waals surface area contributed by atoms with E-state index in [4.69, 9.17) is 4.74 Å². The predicted octanol–water partition coefficient (Wildman–Crippen LogP) is 1.47. The standard InChI is InChI=1S/C22H19FN4O5/c1-24-20(29)15-18(28)16-17-19(12(9-25-16)8-11-4-6-13(23)7-5-11)32-14(21(30)26(2)3)10-27(17)22(15)31/h4-7,9-10,28H,8H2,1-3H3,(H,24,29). The molecule has 0 radical (unpaired) electrons. The van der Waals surface area contributed by atoms with Gasteiger partial charge in [-0.05, 0) is 17.7 Å². The number of ether oxygens (including phenoxy) is 1. The van der Waals surface area contributed by atoms with Crippen molar-refractivity contribution in [2.75, 3.05) is 21.1 Å². The van der Waals surface area contributed by atoms with Crippen LogP contribution in [0, 0.1) is 5.82 Å². The van der Waals surface area contributed by atoms with Crippen LogP contribution in [0.2, 0.25) is 0 Å². The molecule has 2 N–H and O–H groups in total. The van der Waals surface area contributed by atoms with Gasteiger partial charge in [-0.3, -0.25) is 23.9 Å². The molecule has 0 unspecified atom stereocenters. The number of nitrogens with one attached hydrogen (secondary N) is 1. The number of hydrogen-bond acceptors (Lipinski definition) is 6. The molecule has 3 aromatic rings. The molecular formula is C22H19FN4O5. The molecule has 0 saturated heterocycles. The van der Waals surface area contributed by atoms with Crippen molar-refractivity contribution in [1.82, 2.24) is 19.8 Å². The molecule has 1 aromatic carbocycles. The van der Waals surface area contributed by atoms with Gasteiger partial charge >= 0.3 is 0 Å². The molecule has 0 bridgehead atoms. The van der Waals surface area contributed by atoms with Gasteiger partial charge in [0.2, 0.25) is 5.76 Å². The Morgan fingerprint density at radius 2 is 1.94 bits per heavy atom. The molecule has 10 heteroatoms. The zero-order chi connectivity index (χ0) is 23.2. The summed E-state index contributed by atoms with van der Waals surface area (Å²) >= 11 is 0. The minimum atomic E-state index is -0.830. The van der Waals surface area contributed by atoms with Crippen LogP contribution in [0.25, 0.3) is 17.2 Å². The van der Waals surface area contributed by atoms with Crippen LogP contribution in [0.3, 0.4) is 0 Å². The van der Waals surface area contributed by atoms with Gasteiger partial charge in [0.15, 0.2) is 11.5 Å². The van der Waals surface area contributed by atoms with Crippen LogP contribution in [0.5, 0.6) is 11.5 Å². The van der Waals surface area contributed by atoms with Crippen molar-refractivity contribution >= 4 is 29.0 Å². The third-order valence-electron chi connectivity index (χ3n) is 5.05. The van der Waals surface area contributed by atoms with Crippen molar-refractivity contribution in [2.45, 2.75) is 6.42 Å². The zero-order valence-electron chi connectivity index (χ0n) is 17.5. The van der Waals surface area contributed by atoms with Crippen molar-refractivity contribution in [3.8, 4) is 11.5 Å². The first-order valence-corrected chi connectivity index (χ1v) is 9.59. The number of likely N-dealkylation sites (N-methyl/N-ethyl adjacent to an activating group) is 1. The highest BCUT2D eigenvalue weighted by Crippen LogP contribution is 2.38. The maximum absolute atomic E-state index is 13.3. The minimum absolute atomic E-state index is 0.0336. The topological polar surface area (TPSA) is 114 Å². The number of benzene rings is 1. The first-order valence-electron chi connectivity index (χ1n) is 9.59. The quantitative estimate of drug-likeness (QED) is 0.638. The van der Waals surface area contributed by atoms with Crippen molar-refractivity contribution in [3.63, 3.8) is 0 Å². The first kappa shape index (κ1) is 21.0. The molecule has 32 heavy (non-hydrogen) atoms. The molecule has 0 aliphatic carbocycles. The Morgan fingerprint density at radius 3 is 2.56 bits per heavy atom. The fourth-order valence-electron chi connectivity index (χ4n) is 3.45. The SMILES string of the molecule is CNC(=O)c1c(O)c2ncc(Cc3ccc(F)cc3)c3c2n(c1=O)C=C(C(=O)N(C)C)O3. The summed E-state index contributed by atoms with van der Waals surface area (Å²) in [6, 6.07) is 5.81. The van der Waals surface area contributed by atoms with E-state index in [0.717, 1.165) is 10.1 Å². The van der Waals surface area contributed by atoms with Crippen molar-refractivity contribution < 1.29 is 23.8 Å². The van der Waals surface area contributed by atoms with Gasteiger partial charge in [0.25, 0.3) is 17.4 Å². The summed E-state index contributed by atoms with van der Waals surface area (Å²) < 4.78 is 20.2. The molecule has 0 fully saturated rings. The Balaban J connectivity index is 2.01. The second kappa shape index (κ2) is 7.80. The van der Waals surface area contributed by atoms with Crippen LogP contribution in [0.1, 0.15) is 21.5 Å². The predicted molar refractivity (Wildman–Crippen MR) is 114 cm³/mol. The second-order valence-electron chi connectivity index (χ2n) is 7.39. The van der Waals surface area contributed by atoms with Gasteiger partial charge in [-0.15, -0.1) is 0 Å². The van der Waals surface area contributed by atoms with Crippen molar-refractivity contribution in [3.05, 3.63) is 69.1 Å². The number of amides is 2. The summed E-state index contributed by atoms with van der Waals surface area (Å²) in [5.74, 6) is -2.28. The van der Waals surface area contributed by atoms with Gasteiger partial charge in [0, 0.05) is 39.3 Å². The van der Waals surface area contributed by atoms with Crippen LogP contribution in [-0.2, 0) is 11.2 Å². The van der Waals surface area contributed by atoms with E-state index in [1.165, 1.54) is 50.6 Å². The Labute approximate surface area is 181 Å². The number of aromatic hydroxyl groups is 1. The lowest BCUT2D eigenvalue weighted by Crippen LogP contribution is -2.34. The lowest BCUT2D eigenvalue weighted by atomic mass is 10.0. The molecule has 3 heterocycles. The molecule has 9 nitrogen and oxygen atoms in total. The van der Waals surface area contributed by atoms with E-state index in [-0.39, 0.29) is 34.8 Å². The maximum Gasteiger partial charge on any atom is 0.290 e. The summed E-state index contributed by atoms with van der Waals surface area (Å²) in [6.07, 6.45) is 2.86. The van der Waals surface area contributed by atoms with Crippen molar-refractivity contribution in [1.29, 1.82) is 0 Å². The number of carbonyl (C=O) groups excluding carboxylic acids is 2. The zero-order valence-corrected chi connectivity index (χ0v) is 17.5. The number of rotatable bonds is 4. The first-order chi connectivity index (χ1) is 15.2. The highest BCUT2D eigenvalue weighted by molar-refractivity contribution is 6.04. The smallest absolute Gasteiger partial charge is 0.290 e. The maximum atomic E-state index is 13.3. The van der Waals surface area contributed by atoms with Gasteiger partial charge in [-0.2, -0.15) is 0 Å². The van der Waals surface area contributed by atoms with Gasteiger partial charge in [0.05, 0.1) is 6.20 Å². The molecular weight excluding hydrogens is 419 g/mol. The van der Waals surface area contributed by atoms with E-state index in [2.05, 4.69) is 10.3 Å². The number of halogens is 1. The Morgan fingerprint density at radius 1 is 1.25 bits per heavy atom. The number of carbonyl (C=O) groups is 2. The highest BCUT2D eigenvalue weighted by Gasteiger charge is 2.30. The summed E-state index contributed by atoms with van der Waals surface area (Å²) in [6.45, 7) is 0. The highest BCUT2D eigenvalue weighted by atomic mass is 19.1. The van der Waals surface area contributed by atoms with Gasteiger partial charge in [0.1, 0.15) is 22.4 Å². The van der Waals surface area contributed by atoms with Gasteiger partial charge in [-0.1, -0.05) is 12.1 Å². The fraction of sp³-hybridized carbons (Fsp3) is 0.182. The molecule has 1 aliphatic rings. The second-order valence-corrected chi connectivity index (χ2v) is 7.39. The van der Waals surface area contributed by atoms with E-state index in [1.807, 2.05) is 0 Å². The Kier molecular flexibility index (Phi) is 5.13. The van der Waals surface area contributed by atoms with Crippen LogP contribution < -0.4 is 15.6 Å². The molecule has 1 aliphatic heterocycles. The Hall–Kier alpha value is -4.21. The number of hydrogen-bond donors (Lipinski definition) is 2. The molecule has 0 atom stereocenters. The third kappa shape index (κ3) is 3.35. The lowest BCUT2D eigenvalue weighted by Gasteiger charge is -2.24. The lowest BCUT2D eigenvalue weighted by molar-refractivity contribution is -0.126. The molecule has 0 saturated carbocycles. The molecule has 4 rings (SSSR count). The van der Waals surface area contributed by atoms with Crippen LogP contribution in [0.15, 0.2) is 41.0 Å². The number of aromatic nitrogens is 2. The summed E-state index contributed by atoms with van der Waals surface area (Å²) in [7, 11) is 4.38. The molecule has 2 amide bonds. The fourth-order valence-corrected chi connectivity index (χ4v) is 3.45. The normalized spacial score (nSPS) is 12.2. The summed E-state index contributed by atoms with van der Waals surface area (Å²) in [5, 5.41) is 13.0. The van der Waals surface area contributed by atoms with E-state index in [9.17, 15) is 23.9 Å². The van der Waals surface area contributed by atoms with Crippen LogP contribution in [-0.4, -0.2) is 52.5 Å². The largest absolute Gasteiger partial charge is 0.505 e. The van der Waals surface area contributed by atoms with Crippen molar-refractivity contribution in [2.24, 2.45) is 0 Å².